The van der Waals surface area contributed by atoms with E-state index in [9.17, 15) is 9.90 Å². The second-order valence-electron chi connectivity index (χ2n) is 10.4. The molecule has 0 amide bonds. The maximum atomic E-state index is 13.1. The first-order valence-electron chi connectivity index (χ1n) is 12.2. The molecular weight excluding hydrogens is 392 g/mol. The monoisotopic (exact) mass is 426 g/mol. The highest BCUT2D eigenvalue weighted by molar-refractivity contribution is 5.90. The molecule has 6 nitrogen and oxygen atoms in total. The van der Waals surface area contributed by atoms with Crippen LogP contribution in [0.4, 0.5) is 0 Å². The molecule has 4 atom stereocenters. The first-order chi connectivity index (χ1) is 15.1. The second kappa shape index (κ2) is 7.19. The van der Waals surface area contributed by atoms with Gasteiger partial charge < -0.3 is 20.3 Å². The quantitative estimate of drug-likeness (QED) is 0.621. The Hall–Kier alpha value is -1.63. The van der Waals surface area contributed by atoms with E-state index in [-0.39, 0.29) is 11.8 Å². The molecule has 6 heteroatoms. The lowest BCUT2D eigenvalue weighted by Crippen LogP contribution is -2.76. The van der Waals surface area contributed by atoms with E-state index in [2.05, 4.69) is 11.0 Å². The number of benzene rings is 1. The third-order valence-electron chi connectivity index (χ3n) is 8.65. The fraction of sp³-hybridized carbons (Fsp3) is 0.720. The highest BCUT2D eigenvalue weighted by atomic mass is 16.5. The molecule has 1 aromatic carbocycles. The van der Waals surface area contributed by atoms with Crippen molar-refractivity contribution in [2.24, 2.45) is 11.7 Å². The van der Waals surface area contributed by atoms with Crippen LogP contribution in [0.25, 0.3) is 0 Å². The van der Waals surface area contributed by atoms with E-state index in [0.29, 0.717) is 26.0 Å². The average molecular weight is 427 g/mol. The molecule has 2 bridgehead atoms. The Morgan fingerprint density at radius 1 is 1.23 bits per heavy atom. The predicted octanol–water partition coefficient (Wildman–Crippen LogP) is 2.33. The van der Waals surface area contributed by atoms with Gasteiger partial charge in [0.1, 0.15) is 0 Å². The van der Waals surface area contributed by atoms with Gasteiger partial charge in [-0.25, -0.2) is 0 Å². The van der Waals surface area contributed by atoms with Gasteiger partial charge in [-0.3, -0.25) is 9.69 Å². The number of rotatable bonds is 8. The van der Waals surface area contributed by atoms with E-state index in [1.54, 1.807) is 0 Å². The number of carbonyl (C=O) groups is 1. The number of aliphatic hydroxyl groups is 1. The number of carbonyl (C=O) groups excluding carboxylic acids is 1. The van der Waals surface area contributed by atoms with E-state index in [1.807, 2.05) is 6.07 Å². The largest absolute Gasteiger partial charge is 0.490 e. The molecule has 1 aromatic rings. The van der Waals surface area contributed by atoms with Crippen LogP contribution in [0.2, 0.25) is 0 Å². The Labute approximate surface area is 184 Å². The van der Waals surface area contributed by atoms with Crippen molar-refractivity contribution in [1.29, 1.82) is 0 Å². The number of Topliss-reactive ketones (excluding diaryl/α,β-unsaturated/α-hetero) is 1. The number of hydrogen-bond acceptors (Lipinski definition) is 6. The van der Waals surface area contributed by atoms with Crippen molar-refractivity contribution >= 4 is 5.78 Å². The van der Waals surface area contributed by atoms with Crippen molar-refractivity contribution in [2.75, 3.05) is 26.2 Å². The molecule has 1 spiro atoms. The van der Waals surface area contributed by atoms with Gasteiger partial charge in [0.2, 0.25) is 0 Å². The summed E-state index contributed by atoms with van der Waals surface area (Å²) in [5.41, 5.74) is 6.38. The van der Waals surface area contributed by atoms with Gasteiger partial charge in [0.05, 0.1) is 17.6 Å². The Kier molecular flexibility index (Phi) is 4.64. The van der Waals surface area contributed by atoms with Gasteiger partial charge >= 0.3 is 0 Å². The van der Waals surface area contributed by atoms with Crippen molar-refractivity contribution in [3.05, 3.63) is 23.3 Å². The maximum Gasteiger partial charge on any atom is 0.174 e. The zero-order valence-corrected chi connectivity index (χ0v) is 18.3. The summed E-state index contributed by atoms with van der Waals surface area (Å²) in [6.07, 6.45) is 7.58. The van der Waals surface area contributed by atoms with Crippen LogP contribution >= 0.6 is 0 Å². The van der Waals surface area contributed by atoms with Gasteiger partial charge in [0.25, 0.3) is 0 Å². The van der Waals surface area contributed by atoms with Crippen molar-refractivity contribution in [3.63, 3.8) is 0 Å². The Bertz CT molecular complexity index is 900. The van der Waals surface area contributed by atoms with Crippen molar-refractivity contribution in [2.45, 2.75) is 80.9 Å². The summed E-state index contributed by atoms with van der Waals surface area (Å²) in [5, 5.41) is 12.3. The van der Waals surface area contributed by atoms with E-state index in [0.717, 1.165) is 68.2 Å². The molecule has 0 radical (unpaired) electrons. The molecule has 3 N–H and O–H groups in total. The third-order valence-corrected chi connectivity index (χ3v) is 8.65. The molecule has 6 rings (SSSR count). The van der Waals surface area contributed by atoms with Crippen LogP contribution in [0.15, 0.2) is 12.1 Å². The molecule has 3 fully saturated rings. The van der Waals surface area contributed by atoms with E-state index in [4.69, 9.17) is 15.2 Å². The zero-order valence-electron chi connectivity index (χ0n) is 18.3. The molecule has 3 aliphatic carbocycles. The van der Waals surface area contributed by atoms with Gasteiger partial charge in [-0.15, -0.1) is 0 Å². The number of unbranched alkanes of at least 4 members (excludes halogenated alkanes) is 2. The number of ketones is 1. The minimum absolute atomic E-state index is 0.0718. The molecule has 2 saturated carbocycles. The molecule has 2 heterocycles. The van der Waals surface area contributed by atoms with Crippen LogP contribution < -0.4 is 15.2 Å². The number of nitrogens with two attached hydrogens (primary N) is 1. The molecule has 31 heavy (non-hydrogen) atoms. The van der Waals surface area contributed by atoms with Crippen LogP contribution in [0.5, 0.6) is 11.5 Å². The fourth-order valence-corrected chi connectivity index (χ4v) is 6.97. The Morgan fingerprint density at radius 3 is 2.90 bits per heavy atom. The van der Waals surface area contributed by atoms with E-state index >= 15 is 0 Å². The molecule has 5 aliphatic rings. The van der Waals surface area contributed by atoms with Gasteiger partial charge in [-0.1, -0.05) is 6.07 Å². The van der Waals surface area contributed by atoms with Crippen LogP contribution in [0.1, 0.15) is 62.5 Å². The zero-order chi connectivity index (χ0) is 21.2. The molecular formula is C25H34N2O4. The summed E-state index contributed by atoms with van der Waals surface area (Å²) in [6, 6.07) is 4.25. The number of hydrogen-bond donors (Lipinski definition) is 2. The summed E-state index contributed by atoms with van der Waals surface area (Å²) >= 11 is 0. The average Bonchev–Trinajstić information content (AvgIpc) is 3.50. The van der Waals surface area contributed by atoms with E-state index < -0.39 is 17.1 Å². The van der Waals surface area contributed by atoms with Crippen molar-refractivity contribution in [3.8, 4) is 11.5 Å². The SMILES string of the molecule is NCCCCCOc1ccc2c3c1O[C@H]1C(=O)CC[C@@]4(O)[C@@H](C2)N(CC2CC2)CC[C@]314. The second-order valence-corrected chi connectivity index (χ2v) is 10.4. The molecule has 1 saturated heterocycles. The molecule has 168 valence electrons. The van der Waals surface area contributed by atoms with Crippen LogP contribution in [-0.4, -0.2) is 59.8 Å². The van der Waals surface area contributed by atoms with Gasteiger partial charge in [-0.2, -0.15) is 0 Å². The summed E-state index contributed by atoms with van der Waals surface area (Å²) < 4.78 is 12.6. The van der Waals surface area contributed by atoms with Crippen LogP contribution in [0, 0.1) is 5.92 Å². The minimum Gasteiger partial charge on any atom is -0.490 e. The number of ether oxygens (including phenoxy) is 2. The normalized spacial score (nSPS) is 35.6. The standard InChI is InChI=1S/C25H34N2O4/c26-11-2-1-3-13-30-19-7-6-17-14-20-25(29)9-8-18(28)23-24(25,21(17)22(19)31-23)10-12-27(20)15-16-4-5-16/h6-7,16,20,23,29H,1-5,8-15,26H2/t20-,23+,24+,25-/m1/s1. The highest BCUT2D eigenvalue weighted by Gasteiger charge is 2.73. The third kappa shape index (κ3) is 2.77. The van der Waals surface area contributed by atoms with Crippen LogP contribution in [0.3, 0.4) is 0 Å². The smallest absolute Gasteiger partial charge is 0.174 e. The summed E-state index contributed by atoms with van der Waals surface area (Å²) in [5.74, 6) is 2.37. The number of piperidine rings is 1. The molecule has 0 aromatic heterocycles. The highest BCUT2D eigenvalue weighted by Crippen LogP contribution is 2.65. The summed E-state index contributed by atoms with van der Waals surface area (Å²) in [4.78, 5) is 15.6. The lowest BCUT2D eigenvalue weighted by Gasteiger charge is -2.62. The van der Waals surface area contributed by atoms with Crippen LogP contribution in [-0.2, 0) is 16.6 Å². The Balaban J connectivity index is 1.38. The maximum absolute atomic E-state index is 13.1. The lowest BCUT2D eigenvalue weighted by molar-refractivity contribution is -0.188. The van der Waals surface area contributed by atoms with E-state index in [1.165, 1.54) is 18.4 Å². The summed E-state index contributed by atoms with van der Waals surface area (Å²) in [7, 11) is 0. The summed E-state index contributed by atoms with van der Waals surface area (Å²) in [6.45, 7) is 3.33. The van der Waals surface area contributed by atoms with Crippen molar-refractivity contribution in [1.82, 2.24) is 4.90 Å². The molecule has 0 unspecified atom stereocenters. The molecule has 2 aliphatic heterocycles. The minimum atomic E-state index is -0.906. The lowest BCUT2D eigenvalue weighted by atomic mass is 9.49. The Morgan fingerprint density at radius 2 is 2.10 bits per heavy atom. The van der Waals surface area contributed by atoms with Crippen molar-refractivity contribution < 1.29 is 19.4 Å². The van der Waals surface area contributed by atoms with Gasteiger partial charge in [0.15, 0.2) is 23.4 Å². The first-order valence-corrected chi connectivity index (χ1v) is 12.2. The fourth-order valence-electron chi connectivity index (χ4n) is 6.97. The first kappa shape index (κ1) is 20.0. The topological polar surface area (TPSA) is 85.0 Å². The predicted molar refractivity (Wildman–Crippen MR) is 117 cm³/mol. The van der Waals surface area contributed by atoms with Gasteiger partial charge in [0, 0.05) is 24.6 Å². The number of nitrogens with zero attached hydrogens (tertiary/aromatic N) is 1. The van der Waals surface area contributed by atoms with Gasteiger partial charge in [-0.05, 0) is 82.0 Å². The number of likely N-dealkylation sites (tertiary alicyclic amines) is 1.